The van der Waals surface area contributed by atoms with Crippen molar-refractivity contribution < 1.29 is 5.11 Å². The van der Waals surface area contributed by atoms with Gasteiger partial charge in [0.05, 0.1) is 6.61 Å². The van der Waals surface area contributed by atoms with Crippen molar-refractivity contribution in [2.75, 3.05) is 20.6 Å². The molecule has 1 aromatic carbocycles. The van der Waals surface area contributed by atoms with Gasteiger partial charge in [-0.1, -0.05) is 12.1 Å². The maximum atomic E-state index is 9.28. The topological polar surface area (TPSA) is 28.4 Å². The summed E-state index contributed by atoms with van der Waals surface area (Å²) in [5.41, 5.74) is 2.23. The third-order valence-electron chi connectivity index (χ3n) is 3.08. The van der Waals surface area contributed by atoms with Gasteiger partial charge in [0.1, 0.15) is 0 Å². The van der Waals surface area contributed by atoms with Gasteiger partial charge in [0.2, 0.25) is 0 Å². The van der Waals surface area contributed by atoms with Crippen molar-refractivity contribution in [2.45, 2.75) is 19.6 Å². The molecule has 0 spiro atoms. The Morgan fingerprint density at radius 1 is 1.24 bits per heavy atom. The van der Waals surface area contributed by atoms with Gasteiger partial charge in [-0.3, -0.25) is 0 Å². The van der Waals surface area contributed by atoms with Gasteiger partial charge in [0.15, 0.2) is 0 Å². The number of hydrogen-bond donors (Lipinski definition) is 1. The number of fused-ring (bicyclic) bond motifs is 1. The molecule has 2 aromatic rings. The van der Waals surface area contributed by atoms with Gasteiger partial charge in [-0.2, -0.15) is 0 Å². The number of aliphatic hydroxyl groups is 1. The molecule has 0 atom stereocenters. The highest BCUT2D eigenvalue weighted by Gasteiger charge is 2.04. The molecule has 0 fully saturated rings. The molecule has 3 heteroatoms. The van der Waals surface area contributed by atoms with Crippen LogP contribution in [0.2, 0.25) is 0 Å². The molecule has 1 aromatic heterocycles. The van der Waals surface area contributed by atoms with Gasteiger partial charge >= 0.3 is 0 Å². The fourth-order valence-corrected chi connectivity index (χ4v) is 2.18. The van der Waals surface area contributed by atoms with E-state index in [2.05, 4.69) is 41.9 Å². The van der Waals surface area contributed by atoms with Crippen molar-refractivity contribution in [1.29, 1.82) is 0 Å². The molecule has 0 bridgehead atoms. The molecule has 0 aliphatic heterocycles. The smallest absolute Gasteiger partial charge is 0.0688 e. The Hall–Kier alpha value is -1.32. The van der Waals surface area contributed by atoms with E-state index in [0.29, 0.717) is 0 Å². The van der Waals surface area contributed by atoms with E-state index in [0.717, 1.165) is 25.1 Å². The van der Waals surface area contributed by atoms with E-state index in [1.54, 1.807) is 0 Å². The predicted octanol–water partition coefficient (Wildman–Crippen LogP) is 2.09. The van der Waals surface area contributed by atoms with E-state index in [1.165, 1.54) is 10.9 Å². The van der Waals surface area contributed by atoms with Crippen LogP contribution >= 0.6 is 0 Å². The Labute approximate surface area is 102 Å². The molecular formula is C14H20N2O. The van der Waals surface area contributed by atoms with Crippen LogP contribution in [0.15, 0.2) is 30.5 Å². The zero-order valence-electron chi connectivity index (χ0n) is 10.6. The number of benzene rings is 1. The molecule has 0 unspecified atom stereocenters. The highest BCUT2D eigenvalue weighted by Crippen LogP contribution is 2.20. The maximum Gasteiger partial charge on any atom is 0.0688 e. The van der Waals surface area contributed by atoms with Crippen molar-refractivity contribution in [3.8, 4) is 0 Å². The zero-order chi connectivity index (χ0) is 12.3. The van der Waals surface area contributed by atoms with Crippen LogP contribution in [0.25, 0.3) is 10.9 Å². The second-order valence-electron chi connectivity index (χ2n) is 4.67. The molecule has 3 nitrogen and oxygen atoms in total. The van der Waals surface area contributed by atoms with Crippen LogP contribution in [-0.2, 0) is 13.2 Å². The minimum absolute atomic E-state index is 0.110. The quantitative estimate of drug-likeness (QED) is 0.855. The van der Waals surface area contributed by atoms with E-state index in [-0.39, 0.29) is 6.61 Å². The normalized spacial score (nSPS) is 11.5. The van der Waals surface area contributed by atoms with Gasteiger partial charge in [-0.15, -0.1) is 0 Å². The van der Waals surface area contributed by atoms with Crippen LogP contribution in [0.5, 0.6) is 0 Å². The fourth-order valence-electron chi connectivity index (χ4n) is 2.18. The first-order chi connectivity index (χ1) is 8.22. The Bertz CT molecular complexity index is 488. The predicted molar refractivity (Wildman–Crippen MR) is 71.0 cm³/mol. The Morgan fingerprint density at radius 2 is 2.06 bits per heavy atom. The number of rotatable bonds is 5. The van der Waals surface area contributed by atoms with E-state index in [4.69, 9.17) is 0 Å². The van der Waals surface area contributed by atoms with Gasteiger partial charge in [-0.05, 0) is 44.8 Å². The summed E-state index contributed by atoms with van der Waals surface area (Å²) < 4.78 is 2.26. The van der Waals surface area contributed by atoms with Crippen LogP contribution in [0.3, 0.4) is 0 Å². The summed E-state index contributed by atoms with van der Waals surface area (Å²) in [5, 5.41) is 10.4. The van der Waals surface area contributed by atoms with Crippen molar-refractivity contribution in [1.82, 2.24) is 9.47 Å². The molecule has 1 heterocycles. The second kappa shape index (κ2) is 5.34. The van der Waals surface area contributed by atoms with Crippen LogP contribution in [-0.4, -0.2) is 35.2 Å². The van der Waals surface area contributed by atoms with Gasteiger partial charge in [-0.25, -0.2) is 0 Å². The largest absolute Gasteiger partial charge is 0.392 e. The van der Waals surface area contributed by atoms with Gasteiger partial charge in [0.25, 0.3) is 0 Å². The number of aliphatic hydroxyl groups excluding tert-OH is 1. The summed E-state index contributed by atoms with van der Waals surface area (Å²) in [6.07, 6.45) is 3.25. The van der Waals surface area contributed by atoms with Crippen molar-refractivity contribution in [3.05, 3.63) is 36.0 Å². The van der Waals surface area contributed by atoms with Gasteiger partial charge in [0, 0.05) is 23.6 Å². The van der Waals surface area contributed by atoms with Crippen molar-refractivity contribution >= 4 is 10.9 Å². The number of aromatic nitrogens is 1. The molecule has 0 aliphatic rings. The second-order valence-corrected chi connectivity index (χ2v) is 4.67. The summed E-state index contributed by atoms with van der Waals surface area (Å²) in [6, 6.07) is 8.20. The maximum absolute atomic E-state index is 9.28. The first-order valence-corrected chi connectivity index (χ1v) is 6.04. The van der Waals surface area contributed by atoms with E-state index >= 15 is 0 Å². The number of nitrogens with zero attached hydrogens (tertiary/aromatic N) is 2. The summed E-state index contributed by atoms with van der Waals surface area (Å²) in [7, 11) is 4.19. The molecule has 92 valence electrons. The SMILES string of the molecule is CN(C)CCCn1ccc2c(CO)cccc21. The summed E-state index contributed by atoms with van der Waals surface area (Å²) >= 11 is 0. The average Bonchev–Trinajstić information content (AvgIpc) is 2.72. The van der Waals surface area contributed by atoms with Crippen LogP contribution in [0.1, 0.15) is 12.0 Å². The Kier molecular flexibility index (Phi) is 3.82. The monoisotopic (exact) mass is 232 g/mol. The lowest BCUT2D eigenvalue weighted by atomic mass is 10.1. The minimum Gasteiger partial charge on any atom is -0.392 e. The van der Waals surface area contributed by atoms with E-state index in [9.17, 15) is 5.11 Å². The fraction of sp³-hybridized carbons (Fsp3) is 0.429. The molecule has 0 radical (unpaired) electrons. The van der Waals surface area contributed by atoms with Crippen molar-refractivity contribution in [2.24, 2.45) is 0 Å². The standard InChI is InChI=1S/C14H20N2O/c1-15(2)8-4-9-16-10-7-13-12(11-17)5-3-6-14(13)16/h3,5-7,10,17H,4,8-9,11H2,1-2H3. The molecule has 0 amide bonds. The summed E-state index contributed by atoms with van der Waals surface area (Å²) in [4.78, 5) is 2.20. The highest BCUT2D eigenvalue weighted by molar-refractivity contribution is 5.83. The molecule has 0 saturated heterocycles. The lowest BCUT2D eigenvalue weighted by Crippen LogP contribution is -2.14. The molecule has 0 saturated carbocycles. The summed E-state index contributed by atoms with van der Waals surface area (Å²) in [5.74, 6) is 0. The number of aryl methyl sites for hydroxylation is 1. The van der Waals surface area contributed by atoms with E-state index < -0.39 is 0 Å². The van der Waals surface area contributed by atoms with Crippen LogP contribution in [0, 0.1) is 0 Å². The Balaban J connectivity index is 2.18. The molecule has 1 N–H and O–H groups in total. The molecule has 2 rings (SSSR count). The van der Waals surface area contributed by atoms with Gasteiger partial charge < -0.3 is 14.6 Å². The highest BCUT2D eigenvalue weighted by atomic mass is 16.3. The van der Waals surface area contributed by atoms with Crippen LogP contribution < -0.4 is 0 Å². The van der Waals surface area contributed by atoms with E-state index in [1.807, 2.05) is 12.1 Å². The third kappa shape index (κ3) is 2.68. The molecule has 17 heavy (non-hydrogen) atoms. The average molecular weight is 232 g/mol. The zero-order valence-corrected chi connectivity index (χ0v) is 10.6. The summed E-state index contributed by atoms with van der Waals surface area (Å²) in [6.45, 7) is 2.23. The van der Waals surface area contributed by atoms with Crippen molar-refractivity contribution in [3.63, 3.8) is 0 Å². The molecule has 0 aliphatic carbocycles. The van der Waals surface area contributed by atoms with Crippen LogP contribution in [0.4, 0.5) is 0 Å². The lowest BCUT2D eigenvalue weighted by molar-refractivity contribution is 0.283. The lowest BCUT2D eigenvalue weighted by Gasteiger charge is -2.10. The minimum atomic E-state index is 0.110. The first kappa shape index (κ1) is 12.1. The Morgan fingerprint density at radius 3 is 2.76 bits per heavy atom. The first-order valence-electron chi connectivity index (χ1n) is 6.04. The third-order valence-corrected chi connectivity index (χ3v) is 3.08. The molecular weight excluding hydrogens is 212 g/mol. The number of hydrogen-bond acceptors (Lipinski definition) is 2.